The van der Waals surface area contributed by atoms with Gasteiger partial charge in [0.25, 0.3) is 0 Å². The highest BCUT2D eigenvalue weighted by Gasteiger charge is 2.19. The minimum absolute atomic E-state index is 0.0933. The number of sulfonamides is 1. The summed E-state index contributed by atoms with van der Waals surface area (Å²) < 4.78 is 31.3. The van der Waals surface area contributed by atoms with Gasteiger partial charge in [-0.3, -0.25) is 0 Å². The van der Waals surface area contributed by atoms with Gasteiger partial charge in [-0.15, -0.1) is 11.3 Å². The first kappa shape index (κ1) is 12.3. The Bertz CT molecular complexity index is 571. The minimum Gasteiger partial charge on any atom is -0.468 e. The van der Waals surface area contributed by atoms with Crippen LogP contribution in [0.25, 0.3) is 0 Å². The molecule has 2 heterocycles. The van der Waals surface area contributed by atoms with Gasteiger partial charge in [-0.25, -0.2) is 13.1 Å². The summed E-state index contributed by atoms with van der Waals surface area (Å²) >= 11 is 1.21. The molecular weight excluding hydrogens is 262 g/mol. The largest absolute Gasteiger partial charge is 0.468 e. The lowest BCUT2D eigenvalue weighted by atomic mass is 10.5. The van der Waals surface area contributed by atoms with E-state index >= 15 is 0 Å². The maximum Gasteiger partial charge on any atom is 0.242 e. The van der Waals surface area contributed by atoms with Gasteiger partial charge < -0.3 is 9.52 Å². The van der Waals surface area contributed by atoms with Gasteiger partial charge in [0.2, 0.25) is 10.0 Å². The molecule has 0 atom stereocenters. The number of furan rings is 1. The first-order valence-electron chi connectivity index (χ1n) is 4.83. The average molecular weight is 273 g/mol. The third-order valence-corrected chi connectivity index (χ3v) is 4.67. The molecule has 2 N–H and O–H groups in total. The van der Waals surface area contributed by atoms with Crippen LogP contribution in [0.2, 0.25) is 0 Å². The molecule has 17 heavy (non-hydrogen) atoms. The minimum atomic E-state index is -3.60. The van der Waals surface area contributed by atoms with Crippen LogP contribution in [0.3, 0.4) is 0 Å². The van der Waals surface area contributed by atoms with Crippen molar-refractivity contribution in [3.63, 3.8) is 0 Å². The molecule has 5 nitrogen and oxygen atoms in total. The van der Waals surface area contributed by atoms with E-state index in [1.165, 1.54) is 23.7 Å². The summed E-state index contributed by atoms with van der Waals surface area (Å²) in [5.41, 5.74) is 0. The molecule has 0 amide bonds. The molecule has 0 spiro atoms. The number of hydrogen-bond acceptors (Lipinski definition) is 5. The van der Waals surface area contributed by atoms with Crippen molar-refractivity contribution in [1.82, 2.24) is 4.72 Å². The molecule has 0 aromatic carbocycles. The van der Waals surface area contributed by atoms with E-state index in [1.807, 2.05) is 0 Å². The lowest BCUT2D eigenvalue weighted by Crippen LogP contribution is -2.23. The predicted molar refractivity (Wildman–Crippen MR) is 63.0 cm³/mol. The highest BCUT2D eigenvalue weighted by molar-refractivity contribution is 7.89. The van der Waals surface area contributed by atoms with Gasteiger partial charge in [-0.2, -0.15) is 0 Å². The monoisotopic (exact) mass is 273 g/mol. The standard InChI is InChI=1S/C10H11NO4S2/c12-7-9-10(3-5-16-9)17(13,14)11-6-8-2-1-4-15-8/h1-5,11-12H,6-7H2. The molecule has 0 unspecified atom stereocenters. The second kappa shape index (κ2) is 5.01. The Labute approximate surface area is 103 Å². The zero-order valence-corrected chi connectivity index (χ0v) is 10.4. The van der Waals surface area contributed by atoms with E-state index in [9.17, 15) is 8.42 Å². The third kappa shape index (κ3) is 2.75. The highest BCUT2D eigenvalue weighted by Crippen LogP contribution is 2.21. The molecule has 0 saturated heterocycles. The van der Waals surface area contributed by atoms with Gasteiger partial charge in [-0.05, 0) is 23.6 Å². The maximum atomic E-state index is 11.9. The molecule has 2 aromatic heterocycles. The summed E-state index contributed by atoms with van der Waals surface area (Å²) in [6.45, 7) is -0.190. The fraction of sp³-hybridized carbons (Fsp3) is 0.200. The quantitative estimate of drug-likeness (QED) is 0.861. The molecular formula is C10H11NO4S2. The SMILES string of the molecule is O=S(=O)(NCc1ccco1)c1ccsc1CO. The normalized spacial score (nSPS) is 11.8. The Morgan fingerprint density at radius 1 is 1.41 bits per heavy atom. The van der Waals surface area contributed by atoms with Crippen LogP contribution in [-0.4, -0.2) is 13.5 Å². The van der Waals surface area contributed by atoms with Crippen LogP contribution in [0.15, 0.2) is 39.2 Å². The third-order valence-electron chi connectivity index (χ3n) is 2.15. The number of thiophene rings is 1. The van der Waals surface area contributed by atoms with Crippen molar-refractivity contribution in [3.8, 4) is 0 Å². The van der Waals surface area contributed by atoms with Gasteiger partial charge in [0.1, 0.15) is 5.76 Å². The summed E-state index contributed by atoms with van der Waals surface area (Å²) in [5, 5.41) is 10.7. The Morgan fingerprint density at radius 3 is 2.88 bits per heavy atom. The van der Waals surface area contributed by atoms with Crippen molar-refractivity contribution >= 4 is 21.4 Å². The van der Waals surface area contributed by atoms with E-state index in [0.29, 0.717) is 10.6 Å². The van der Waals surface area contributed by atoms with Gasteiger partial charge in [0.05, 0.1) is 24.3 Å². The van der Waals surface area contributed by atoms with Crippen LogP contribution in [0.5, 0.6) is 0 Å². The molecule has 2 aromatic rings. The number of aliphatic hydroxyl groups excluding tert-OH is 1. The van der Waals surface area contributed by atoms with Crippen molar-refractivity contribution in [1.29, 1.82) is 0 Å². The molecule has 0 aliphatic carbocycles. The van der Waals surface area contributed by atoms with Crippen LogP contribution in [0.1, 0.15) is 10.6 Å². The topological polar surface area (TPSA) is 79.5 Å². The summed E-state index contributed by atoms with van der Waals surface area (Å²) in [6, 6.07) is 4.84. The predicted octanol–water partition coefficient (Wildman–Crippen LogP) is 1.31. The van der Waals surface area contributed by atoms with Crippen LogP contribution in [0.4, 0.5) is 0 Å². The fourth-order valence-corrected chi connectivity index (χ4v) is 3.63. The van der Waals surface area contributed by atoms with E-state index in [0.717, 1.165) is 0 Å². The van der Waals surface area contributed by atoms with E-state index in [4.69, 9.17) is 9.52 Å². The van der Waals surface area contributed by atoms with E-state index in [2.05, 4.69) is 4.72 Å². The Kier molecular flexibility index (Phi) is 3.63. The van der Waals surface area contributed by atoms with Crippen molar-refractivity contribution in [2.24, 2.45) is 0 Å². The smallest absolute Gasteiger partial charge is 0.242 e. The number of aliphatic hydroxyl groups is 1. The van der Waals surface area contributed by atoms with Gasteiger partial charge in [0, 0.05) is 4.88 Å². The zero-order valence-electron chi connectivity index (χ0n) is 8.79. The van der Waals surface area contributed by atoms with Crippen LogP contribution < -0.4 is 4.72 Å². The van der Waals surface area contributed by atoms with Crippen LogP contribution in [0, 0.1) is 0 Å². The highest BCUT2D eigenvalue weighted by atomic mass is 32.2. The molecule has 2 rings (SSSR count). The first-order chi connectivity index (χ1) is 8.13. The zero-order chi connectivity index (χ0) is 12.3. The van der Waals surface area contributed by atoms with Gasteiger partial charge in [0.15, 0.2) is 0 Å². The van der Waals surface area contributed by atoms with Crippen molar-refractivity contribution in [2.75, 3.05) is 0 Å². The lowest BCUT2D eigenvalue weighted by Gasteiger charge is -2.05. The van der Waals surface area contributed by atoms with Gasteiger partial charge >= 0.3 is 0 Å². The summed E-state index contributed by atoms with van der Waals surface area (Å²) in [4.78, 5) is 0.550. The van der Waals surface area contributed by atoms with Crippen LogP contribution >= 0.6 is 11.3 Å². The molecule has 0 saturated carbocycles. The first-order valence-corrected chi connectivity index (χ1v) is 7.19. The molecule has 92 valence electrons. The summed E-state index contributed by atoms with van der Waals surface area (Å²) in [7, 11) is -3.60. The average Bonchev–Trinajstić information content (AvgIpc) is 2.97. The number of hydrogen-bond donors (Lipinski definition) is 2. The van der Waals surface area contributed by atoms with Crippen molar-refractivity contribution in [2.45, 2.75) is 18.0 Å². The maximum absolute atomic E-state index is 11.9. The molecule has 0 aliphatic heterocycles. The lowest BCUT2D eigenvalue weighted by molar-refractivity contribution is 0.282. The molecule has 0 aliphatic rings. The van der Waals surface area contributed by atoms with Crippen LogP contribution in [-0.2, 0) is 23.2 Å². The number of nitrogens with one attached hydrogen (secondary N) is 1. The van der Waals surface area contributed by atoms with Crippen molar-refractivity contribution in [3.05, 3.63) is 40.5 Å². The molecule has 0 fully saturated rings. The molecule has 7 heteroatoms. The molecule has 0 bridgehead atoms. The number of rotatable bonds is 5. The summed E-state index contributed by atoms with van der Waals surface area (Å²) in [6.07, 6.45) is 1.48. The van der Waals surface area contributed by atoms with E-state index in [1.54, 1.807) is 17.5 Å². The van der Waals surface area contributed by atoms with E-state index in [-0.39, 0.29) is 18.0 Å². The van der Waals surface area contributed by atoms with Crippen molar-refractivity contribution < 1.29 is 17.9 Å². The summed E-state index contributed by atoms with van der Waals surface area (Å²) in [5.74, 6) is 0.536. The Balaban J connectivity index is 2.14. The van der Waals surface area contributed by atoms with E-state index < -0.39 is 10.0 Å². The second-order valence-corrected chi connectivity index (χ2v) is 6.01. The fourth-order valence-electron chi connectivity index (χ4n) is 1.34. The van der Waals surface area contributed by atoms with Gasteiger partial charge in [-0.1, -0.05) is 0 Å². The Morgan fingerprint density at radius 2 is 2.24 bits per heavy atom. The second-order valence-electron chi connectivity index (χ2n) is 3.27. The Hall–Kier alpha value is -1.15. The molecule has 0 radical (unpaired) electrons.